The highest BCUT2D eigenvalue weighted by Gasteiger charge is 2.21. The van der Waals surface area contributed by atoms with Crippen molar-refractivity contribution in [1.82, 2.24) is 9.88 Å². The molecular weight excluding hydrogens is 394 g/mol. The van der Waals surface area contributed by atoms with Gasteiger partial charge >= 0.3 is 0 Å². The van der Waals surface area contributed by atoms with Crippen LogP contribution >= 0.6 is 43.2 Å². The van der Waals surface area contributed by atoms with Gasteiger partial charge in [0.2, 0.25) is 0 Å². The molecule has 0 fully saturated rings. The van der Waals surface area contributed by atoms with Crippen LogP contribution in [0.15, 0.2) is 25.0 Å². The molecule has 0 aliphatic carbocycles. The van der Waals surface area contributed by atoms with Crippen LogP contribution in [0.4, 0.5) is 0 Å². The molecule has 0 spiro atoms. The molecular formula is C12H15Br2N3OS. The molecule has 0 aromatic carbocycles. The first kappa shape index (κ1) is 15.2. The Balaban J connectivity index is 2.12. The number of aryl methyl sites for hydroxylation is 1. The molecule has 0 saturated heterocycles. The van der Waals surface area contributed by atoms with Crippen molar-refractivity contribution in [2.24, 2.45) is 5.73 Å². The zero-order valence-electron chi connectivity index (χ0n) is 10.7. The van der Waals surface area contributed by atoms with Gasteiger partial charge in [-0.2, -0.15) is 0 Å². The molecule has 0 bridgehead atoms. The maximum absolute atomic E-state index is 5.87. The standard InChI is InChI=1S/C12H15Br2N3OS/c1-7-16-8(6-19-7)5-17(2)10(4-15)11-3-9(13)12(14)18-11/h3,6,10H,4-5,15H2,1-2H3. The molecule has 0 amide bonds. The van der Waals surface area contributed by atoms with Crippen LogP contribution in [0, 0.1) is 6.92 Å². The Morgan fingerprint density at radius 2 is 2.26 bits per heavy atom. The van der Waals surface area contributed by atoms with Crippen LogP contribution in [0.5, 0.6) is 0 Å². The molecule has 2 aromatic rings. The summed E-state index contributed by atoms with van der Waals surface area (Å²) in [5.74, 6) is 0.843. The fraction of sp³-hybridized carbons (Fsp3) is 0.417. The summed E-state index contributed by atoms with van der Waals surface area (Å²) >= 11 is 8.43. The van der Waals surface area contributed by atoms with E-state index in [0.717, 1.165) is 27.5 Å². The van der Waals surface area contributed by atoms with Gasteiger partial charge in [0.1, 0.15) is 5.76 Å². The van der Waals surface area contributed by atoms with Crippen molar-refractivity contribution in [3.8, 4) is 0 Å². The number of aromatic nitrogens is 1. The summed E-state index contributed by atoms with van der Waals surface area (Å²) in [6.45, 7) is 3.25. The van der Waals surface area contributed by atoms with Gasteiger partial charge in [-0.15, -0.1) is 11.3 Å². The summed E-state index contributed by atoms with van der Waals surface area (Å²) in [5.41, 5.74) is 6.94. The van der Waals surface area contributed by atoms with Gasteiger partial charge in [-0.25, -0.2) is 4.98 Å². The van der Waals surface area contributed by atoms with Crippen LogP contribution in [0.3, 0.4) is 0 Å². The van der Waals surface area contributed by atoms with Gasteiger partial charge in [0.05, 0.1) is 21.2 Å². The molecule has 2 N–H and O–H groups in total. The normalized spacial score (nSPS) is 13.2. The Kier molecular flexibility index (Phi) is 5.19. The highest BCUT2D eigenvalue weighted by molar-refractivity contribution is 9.13. The summed E-state index contributed by atoms with van der Waals surface area (Å²) in [4.78, 5) is 6.62. The van der Waals surface area contributed by atoms with E-state index in [-0.39, 0.29) is 6.04 Å². The quantitative estimate of drug-likeness (QED) is 0.819. The van der Waals surface area contributed by atoms with Crippen LogP contribution in [0.1, 0.15) is 22.5 Å². The van der Waals surface area contributed by atoms with E-state index < -0.39 is 0 Å². The van der Waals surface area contributed by atoms with E-state index in [9.17, 15) is 0 Å². The summed E-state index contributed by atoms with van der Waals surface area (Å²) in [5, 5.41) is 3.16. The fourth-order valence-corrected chi connectivity index (χ4v) is 3.10. The first-order valence-corrected chi connectivity index (χ1v) is 8.24. The summed E-state index contributed by atoms with van der Waals surface area (Å²) in [6.07, 6.45) is 0. The van der Waals surface area contributed by atoms with Crippen LogP contribution in [-0.4, -0.2) is 23.5 Å². The van der Waals surface area contributed by atoms with Crippen LogP contribution in [-0.2, 0) is 6.54 Å². The van der Waals surface area contributed by atoms with Crippen molar-refractivity contribution in [2.75, 3.05) is 13.6 Å². The van der Waals surface area contributed by atoms with Gasteiger partial charge in [0, 0.05) is 18.5 Å². The van der Waals surface area contributed by atoms with Gasteiger partial charge in [0.15, 0.2) is 4.67 Å². The third-order valence-electron chi connectivity index (χ3n) is 2.83. The van der Waals surface area contributed by atoms with E-state index >= 15 is 0 Å². The molecule has 7 heteroatoms. The van der Waals surface area contributed by atoms with Crippen LogP contribution in [0.25, 0.3) is 0 Å². The monoisotopic (exact) mass is 407 g/mol. The molecule has 0 saturated carbocycles. The molecule has 0 aliphatic rings. The second-order valence-corrected chi connectivity index (χ2v) is 6.93. The highest BCUT2D eigenvalue weighted by Crippen LogP contribution is 2.32. The van der Waals surface area contributed by atoms with Crippen molar-refractivity contribution >= 4 is 43.2 Å². The number of halogens is 2. The first-order chi connectivity index (χ1) is 9.01. The van der Waals surface area contributed by atoms with Gasteiger partial charge in [0.25, 0.3) is 0 Å². The second kappa shape index (κ2) is 6.49. The Morgan fingerprint density at radius 1 is 1.53 bits per heavy atom. The number of nitrogens with two attached hydrogens (primary N) is 1. The SMILES string of the molecule is Cc1nc(CN(C)C(CN)c2cc(Br)c(Br)o2)cs1. The van der Waals surface area contributed by atoms with Crippen LogP contribution in [0.2, 0.25) is 0 Å². The van der Waals surface area contributed by atoms with E-state index in [1.165, 1.54) is 0 Å². The Bertz CT molecular complexity index is 535. The maximum atomic E-state index is 5.87. The molecule has 2 aromatic heterocycles. The van der Waals surface area contributed by atoms with Gasteiger partial charge in [-0.1, -0.05) is 0 Å². The van der Waals surface area contributed by atoms with Crippen LogP contribution < -0.4 is 5.73 Å². The van der Waals surface area contributed by atoms with E-state index in [1.807, 2.05) is 20.0 Å². The minimum Gasteiger partial charge on any atom is -0.451 e. The minimum absolute atomic E-state index is 0.0320. The molecule has 104 valence electrons. The third kappa shape index (κ3) is 3.66. The topological polar surface area (TPSA) is 55.3 Å². The van der Waals surface area contributed by atoms with Crippen molar-refractivity contribution < 1.29 is 4.42 Å². The van der Waals surface area contributed by atoms with E-state index in [0.29, 0.717) is 11.2 Å². The highest BCUT2D eigenvalue weighted by atomic mass is 79.9. The Hall–Kier alpha value is -0.210. The van der Waals surface area contributed by atoms with Crippen molar-refractivity contribution in [3.63, 3.8) is 0 Å². The van der Waals surface area contributed by atoms with E-state index in [4.69, 9.17) is 10.2 Å². The Labute approximate surface area is 133 Å². The van der Waals surface area contributed by atoms with E-state index in [2.05, 4.69) is 47.1 Å². The molecule has 0 aliphatic heterocycles. The molecule has 19 heavy (non-hydrogen) atoms. The minimum atomic E-state index is 0.0320. The van der Waals surface area contributed by atoms with Crippen molar-refractivity contribution in [2.45, 2.75) is 19.5 Å². The molecule has 4 nitrogen and oxygen atoms in total. The molecule has 1 atom stereocenters. The summed E-state index contributed by atoms with van der Waals surface area (Å²) in [6, 6.07) is 1.98. The lowest BCUT2D eigenvalue weighted by atomic mass is 10.2. The average molecular weight is 409 g/mol. The number of thiazole rings is 1. The lowest BCUT2D eigenvalue weighted by Crippen LogP contribution is -2.30. The summed E-state index contributed by atoms with van der Waals surface area (Å²) in [7, 11) is 2.02. The zero-order chi connectivity index (χ0) is 14.0. The zero-order valence-corrected chi connectivity index (χ0v) is 14.7. The number of hydrogen-bond acceptors (Lipinski definition) is 5. The van der Waals surface area contributed by atoms with Crippen molar-refractivity contribution in [1.29, 1.82) is 0 Å². The lowest BCUT2D eigenvalue weighted by molar-refractivity contribution is 0.209. The van der Waals surface area contributed by atoms with Gasteiger partial charge < -0.3 is 10.2 Å². The number of rotatable bonds is 5. The molecule has 0 radical (unpaired) electrons. The molecule has 2 rings (SSSR count). The van der Waals surface area contributed by atoms with E-state index in [1.54, 1.807) is 11.3 Å². The number of likely N-dealkylation sites (N-methyl/N-ethyl adjacent to an activating group) is 1. The van der Waals surface area contributed by atoms with Gasteiger partial charge in [-0.05, 0) is 51.9 Å². The predicted molar refractivity (Wildman–Crippen MR) is 84.2 cm³/mol. The number of nitrogens with zero attached hydrogens (tertiary/aromatic N) is 2. The summed E-state index contributed by atoms with van der Waals surface area (Å²) < 4.78 is 7.26. The predicted octanol–water partition coefficient (Wildman–Crippen LogP) is 3.70. The maximum Gasteiger partial charge on any atom is 0.183 e. The average Bonchev–Trinajstić information content (AvgIpc) is 2.88. The first-order valence-electron chi connectivity index (χ1n) is 5.77. The molecule has 1 unspecified atom stereocenters. The van der Waals surface area contributed by atoms with Crippen molar-refractivity contribution in [3.05, 3.63) is 37.1 Å². The largest absolute Gasteiger partial charge is 0.451 e. The lowest BCUT2D eigenvalue weighted by Gasteiger charge is -2.24. The second-order valence-electron chi connectivity index (χ2n) is 4.29. The van der Waals surface area contributed by atoms with Gasteiger partial charge in [-0.3, -0.25) is 4.90 Å². The number of hydrogen-bond donors (Lipinski definition) is 1. The third-order valence-corrected chi connectivity index (χ3v) is 5.36. The smallest absolute Gasteiger partial charge is 0.183 e. The fourth-order valence-electron chi connectivity index (χ4n) is 1.89. The molecule has 2 heterocycles. The number of furan rings is 1. The Morgan fingerprint density at radius 3 is 2.74 bits per heavy atom.